The van der Waals surface area contributed by atoms with Crippen molar-refractivity contribution in [3.05, 3.63) is 82.5 Å². The summed E-state index contributed by atoms with van der Waals surface area (Å²) in [5, 5.41) is 3.30. The van der Waals surface area contributed by atoms with Crippen molar-refractivity contribution in [3.8, 4) is 17.1 Å². The predicted octanol–water partition coefficient (Wildman–Crippen LogP) is 6.22. The molecule has 0 bridgehead atoms. The molecule has 31 heavy (non-hydrogen) atoms. The predicted molar refractivity (Wildman–Crippen MR) is 118 cm³/mol. The normalized spacial score (nSPS) is 11.0. The first-order valence-corrected chi connectivity index (χ1v) is 10.1. The largest absolute Gasteiger partial charge is 0.433 e. The number of benzene rings is 2. The first-order valence-electron chi connectivity index (χ1n) is 9.29. The van der Waals surface area contributed by atoms with E-state index in [9.17, 15) is 13.6 Å². The van der Waals surface area contributed by atoms with Crippen LogP contribution in [0.2, 0.25) is 0 Å². The third-order valence-corrected chi connectivity index (χ3v) is 5.04. The van der Waals surface area contributed by atoms with Gasteiger partial charge < -0.3 is 10.1 Å². The Morgan fingerprint density at radius 1 is 1.06 bits per heavy atom. The minimum atomic E-state index is -3.01. The van der Waals surface area contributed by atoms with Crippen LogP contribution in [-0.4, -0.2) is 22.5 Å². The average Bonchev–Trinajstić information content (AvgIpc) is 2.75. The van der Waals surface area contributed by atoms with E-state index in [2.05, 4.69) is 36.0 Å². The minimum Gasteiger partial charge on any atom is -0.433 e. The standard InChI is InChI=1S/C23H16BrF2N3O2/c1-13-5-7-19(21(10-13)31-23(25)26)29-22(30)16-12-20(18-4-2-3-9-27-18)28-17-8-6-14(24)11-15(16)17/h2-12,23H,1H3,(H,29,30). The minimum absolute atomic E-state index is 0.104. The van der Waals surface area contributed by atoms with Crippen molar-refractivity contribution >= 4 is 38.4 Å². The Bertz CT molecular complexity index is 1270. The Labute approximate surface area is 185 Å². The van der Waals surface area contributed by atoms with E-state index in [-0.39, 0.29) is 11.4 Å². The maximum absolute atomic E-state index is 13.2. The Morgan fingerprint density at radius 3 is 2.65 bits per heavy atom. The zero-order chi connectivity index (χ0) is 22.0. The van der Waals surface area contributed by atoms with Gasteiger partial charge in [-0.15, -0.1) is 0 Å². The maximum atomic E-state index is 13.2. The summed E-state index contributed by atoms with van der Waals surface area (Å²) in [5.74, 6) is -0.585. The highest BCUT2D eigenvalue weighted by Crippen LogP contribution is 2.30. The summed E-state index contributed by atoms with van der Waals surface area (Å²) >= 11 is 3.42. The highest BCUT2D eigenvalue weighted by molar-refractivity contribution is 9.10. The first-order chi connectivity index (χ1) is 14.9. The van der Waals surface area contributed by atoms with Crippen LogP contribution in [0.4, 0.5) is 14.5 Å². The van der Waals surface area contributed by atoms with Gasteiger partial charge in [0.2, 0.25) is 0 Å². The fourth-order valence-corrected chi connectivity index (χ4v) is 3.51. The summed E-state index contributed by atoms with van der Waals surface area (Å²) in [7, 11) is 0. The molecule has 0 saturated heterocycles. The van der Waals surface area contributed by atoms with Gasteiger partial charge in [0.05, 0.1) is 28.2 Å². The molecule has 2 aromatic heterocycles. The molecule has 0 spiro atoms. The molecule has 2 heterocycles. The number of carbonyl (C=O) groups excluding carboxylic acids is 1. The third kappa shape index (κ3) is 4.69. The highest BCUT2D eigenvalue weighted by Gasteiger charge is 2.18. The molecule has 156 valence electrons. The van der Waals surface area contributed by atoms with Gasteiger partial charge in [-0.1, -0.05) is 28.1 Å². The first kappa shape index (κ1) is 20.9. The van der Waals surface area contributed by atoms with Crippen molar-refractivity contribution in [2.75, 3.05) is 5.32 Å². The number of hydrogen-bond acceptors (Lipinski definition) is 4. The number of amides is 1. The van der Waals surface area contributed by atoms with Gasteiger partial charge in [-0.05, 0) is 61.0 Å². The van der Waals surface area contributed by atoms with Crippen molar-refractivity contribution in [1.29, 1.82) is 0 Å². The molecule has 5 nitrogen and oxygen atoms in total. The second-order valence-corrected chi connectivity index (χ2v) is 7.68. The molecule has 0 saturated carbocycles. The topological polar surface area (TPSA) is 64.1 Å². The summed E-state index contributed by atoms with van der Waals surface area (Å²) < 4.78 is 31.0. The molecule has 0 unspecified atom stereocenters. The molecule has 4 aromatic rings. The van der Waals surface area contributed by atoms with E-state index in [0.717, 1.165) is 10.0 Å². The number of ether oxygens (including phenoxy) is 1. The molecule has 0 fully saturated rings. The molecular formula is C23H16BrF2N3O2. The second-order valence-electron chi connectivity index (χ2n) is 6.76. The number of halogens is 3. The highest BCUT2D eigenvalue weighted by atomic mass is 79.9. The molecule has 1 N–H and O–H groups in total. The number of rotatable bonds is 5. The number of pyridine rings is 2. The average molecular weight is 484 g/mol. The lowest BCUT2D eigenvalue weighted by Crippen LogP contribution is -2.15. The number of nitrogens with one attached hydrogen (secondary N) is 1. The van der Waals surface area contributed by atoms with Crippen LogP contribution < -0.4 is 10.1 Å². The van der Waals surface area contributed by atoms with Gasteiger partial charge in [-0.3, -0.25) is 9.78 Å². The Kier molecular flexibility index (Phi) is 5.90. The Hall–Kier alpha value is -3.39. The monoisotopic (exact) mass is 483 g/mol. The fourth-order valence-electron chi connectivity index (χ4n) is 3.15. The van der Waals surface area contributed by atoms with E-state index in [1.807, 2.05) is 12.1 Å². The molecule has 2 aromatic carbocycles. The van der Waals surface area contributed by atoms with E-state index in [1.165, 1.54) is 12.1 Å². The molecule has 0 aliphatic rings. The van der Waals surface area contributed by atoms with Crippen molar-refractivity contribution < 1.29 is 18.3 Å². The van der Waals surface area contributed by atoms with Gasteiger partial charge in [-0.2, -0.15) is 8.78 Å². The zero-order valence-electron chi connectivity index (χ0n) is 16.3. The van der Waals surface area contributed by atoms with Gasteiger partial charge in [-0.25, -0.2) is 4.98 Å². The SMILES string of the molecule is Cc1ccc(NC(=O)c2cc(-c3ccccn3)nc3ccc(Br)cc23)c(OC(F)F)c1. The molecular weight excluding hydrogens is 468 g/mol. The van der Waals surface area contributed by atoms with Crippen LogP contribution in [0.25, 0.3) is 22.3 Å². The van der Waals surface area contributed by atoms with Crippen molar-refractivity contribution in [2.24, 2.45) is 0 Å². The van der Waals surface area contributed by atoms with Crippen LogP contribution in [0.1, 0.15) is 15.9 Å². The molecule has 0 atom stereocenters. The summed E-state index contributed by atoms with van der Waals surface area (Å²) in [4.78, 5) is 22.2. The van der Waals surface area contributed by atoms with Crippen molar-refractivity contribution in [3.63, 3.8) is 0 Å². The molecule has 0 aliphatic carbocycles. The lowest BCUT2D eigenvalue weighted by atomic mass is 10.1. The Morgan fingerprint density at radius 2 is 1.90 bits per heavy atom. The number of fused-ring (bicyclic) bond motifs is 1. The maximum Gasteiger partial charge on any atom is 0.387 e. The summed E-state index contributed by atoms with van der Waals surface area (Å²) in [5.41, 5.74) is 2.94. The van der Waals surface area contributed by atoms with Gasteiger partial charge in [0.15, 0.2) is 0 Å². The van der Waals surface area contributed by atoms with Crippen molar-refractivity contribution in [2.45, 2.75) is 13.5 Å². The van der Waals surface area contributed by atoms with Crippen LogP contribution in [0, 0.1) is 6.92 Å². The van der Waals surface area contributed by atoms with Crippen LogP contribution >= 0.6 is 15.9 Å². The quantitative estimate of drug-likeness (QED) is 0.365. The van der Waals surface area contributed by atoms with Gasteiger partial charge in [0, 0.05) is 16.1 Å². The molecule has 8 heteroatoms. The van der Waals surface area contributed by atoms with E-state index in [1.54, 1.807) is 49.5 Å². The van der Waals surface area contributed by atoms with E-state index in [4.69, 9.17) is 0 Å². The lowest BCUT2D eigenvalue weighted by Gasteiger charge is -2.14. The number of carbonyl (C=O) groups is 1. The number of aryl methyl sites for hydroxylation is 1. The summed E-state index contributed by atoms with van der Waals surface area (Å²) in [6, 6.07) is 17.1. The number of anilines is 1. The molecule has 1 amide bonds. The van der Waals surface area contributed by atoms with Crippen LogP contribution in [0.3, 0.4) is 0 Å². The van der Waals surface area contributed by atoms with Crippen molar-refractivity contribution in [1.82, 2.24) is 9.97 Å². The van der Waals surface area contributed by atoms with Crippen LogP contribution in [-0.2, 0) is 0 Å². The number of nitrogens with zero attached hydrogens (tertiary/aromatic N) is 2. The van der Waals surface area contributed by atoms with Crippen LogP contribution in [0.15, 0.2) is 71.3 Å². The van der Waals surface area contributed by atoms with E-state index < -0.39 is 12.5 Å². The van der Waals surface area contributed by atoms with Gasteiger partial charge in [0.1, 0.15) is 5.75 Å². The number of aromatic nitrogens is 2. The third-order valence-electron chi connectivity index (χ3n) is 4.54. The van der Waals surface area contributed by atoms with Gasteiger partial charge >= 0.3 is 6.61 Å². The molecule has 0 aliphatic heterocycles. The van der Waals surface area contributed by atoms with E-state index >= 15 is 0 Å². The van der Waals surface area contributed by atoms with Crippen LogP contribution in [0.5, 0.6) is 5.75 Å². The molecule has 4 rings (SSSR count). The lowest BCUT2D eigenvalue weighted by molar-refractivity contribution is -0.0494. The molecule has 0 radical (unpaired) electrons. The Balaban J connectivity index is 1.80. The number of alkyl halides is 2. The fraction of sp³-hybridized carbons (Fsp3) is 0.0870. The zero-order valence-corrected chi connectivity index (χ0v) is 17.9. The van der Waals surface area contributed by atoms with E-state index in [0.29, 0.717) is 27.9 Å². The number of hydrogen-bond donors (Lipinski definition) is 1. The summed E-state index contributed by atoms with van der Waals surface area (Å²) in [6.07, 6.45) is 1.64. The van der Waals surface area contributed by atoms with Gasteiger partial charge in [0.25, 0.3) is 5.91 Å². The smallest absolute Gasteiger partial charge is 0.387 e. The summed E-state index contributed by atoms with van der Waals surface area (Å²) in [6.45, 7) is -1.26. The second kappa shape index (κ2) is 8.77.